The summed E-state index contributed by atoms with van der Waals surface area (Å²) in [6.07, 6.45) is -5.92. The van der Waals surface area contributed by atoms with Crippen molar-refractivity contribution in [1.29, 1.82) is 0 Å². The maximum atomic E-state index is 11.0. The van der Waals surface area contributed by atoms with Gasteiger partial charge in [0.05, 0.1) is 6.61 Å². The normalized spacial score (nSPS) is 50.0. The maximum absolute atomic E-state index is 11.0. The van der Waals surface area contributed by atoms with Crippen LogP contribution in [-0.4, -0.2) is 69.5 Å². The zero-order chi connectivity index (χ0) is 12.8. The van der Waals surface area contributed by atoms with E-state index in [1.807, 2.05) is 0 Å². The minimum Gasteiger partial charge on any atom is -0.477 e. The first-order valence-corrected chi connectivity index (χ1v) is 5.10. The molecule has 0 aromatic carbocycles. The Morgan fingerprint density at radius 2 is 1.88 bits per heavy atom. The van der Waals surface area contributed by atoms with Gasteiger partial charge in [0.2, 0.25) is 0 Å². The highest BCUT2D eigenvalue weighted by Gasteiger charge is 2.58. The number of carbonyl (C=O) groups is 1. The number of rotatable bonds is 2. The number of hydrogen-bond acceptors (Lipinski definition) is 7. The van der Waals surface area contributed by atoms with Gasteiger partial charge in [0.15, 0.2) is 6.29 Å². The molecule has 0 aliphatic carbocycles. The molecule has 2 fully saturated rings. The van der Waals surface area contributed by atoms with Crippen molar-refractivity contribution in [2.24, 2.45) is 0 Å². The third-order valence-corrected chi connectivity index (χ3v) is 2.92. The van der Waals surface area contributed by atoms with E-state index in [2.05, 4.69) is 0 Å². The standard InChI is InChI=1S/C9H14O8/c1-9(8(13)14)16-5-3(2-10)15-7(12)4(11)6(5)17-9/h3-7,10-12H,2H2,1H3,(H,13,14)/t3-,4-,5?,6?,7-,9-/m1/s1. The molecule has 0 aromatic heterocycles. The van der Waals surface area contributed by atoms with Gasteiger partial charge in [-0.15, -0.1) is 0 Å². The van der Waals surface area contributed by atoms with E-state index in [0.717, 1.165) is 0 Å². The Morgan fingerprint density at radius 3 is 2.41 bits per heavy atom. The molecule has 2 aliphatic heterocycles. The number of aliphatic carboxylic acids is 1. The highest BCUT2D eigenvalue weighted by atomic mass is 16.8. The number of carboxylic acid groups (broad SMARTS) is 1. The van der Waals surface area contributed by atoms with Crippen molar-refractivity contribution in [1.82, 2.24) is 0 Å². The molecular formula is C9H14O8. The summed E-state index contributed by atoms with van der Waals surface area (Å²) in [6.45, 7) is 0.700. The van der Waals surface area contributed by atoms with Gasteiger partial charge in [0.1, 0.15) is 24.4 Å². The zero-order valence-electron chi connectivity index (χ0n) is 9.02. The van der Waals surface area contributed by atoms with Gasteiger partial charge in [-0.1, -0.05) is 0 Å². The molecule has 6 atom stereocenters. The van der Waals surface area contributed by atoms with Crippen molar-refractivity contribution in [2.45, 2.75) is 43.4 Å². The van der Waals surface area contributed by atoms with Gasteiger partial charge in [-0.2, -0.15) is 0 Å². The van der Waals surface area contributed by atoms with Gasteiger partial charge >= 0.3 is 5.97 Å². The van der Waals surface area contributed by atoms with Gasteiger partial charge in [0.25, 0.3) is 5.79 Å². The van der Waals surface area contributed by atoms with Crippen molar-refractivity contribution in [3.63, 3.8) is 0 Å². The summed E-state index contributed by atoms with van der Waals surface area (Å²) in [4.78, 5) is 11.0. The van der Waals surface area contributed by atoms with Crippen LogP contribution >= 0.6 is 0 Å². The minimum absolute atomic E-state index is 0.482. The fourth-order valence-corrected chi connectivity index (χ4v) is 1.98. The van der Waals surface area contributed by atoms with E-state index in [1.165, 1.54) is 6.92 Å². The molecule has 4 N–H and O–H groups in total. The van der Waals surface area contributed by atoms with Crippen LogP contribution in [0.2, 0.25) is 0 Å². The Kier molecular flexibility index (Phi) is 3.10. The Labute approximate surface area is 96.3 Å². The van der Waals surface area contributed by atoms with E-state index >= 15 is 0 Å². The summed E-state index contributed by atoms with van der Waals surface area (Å²) in [5.74, 6) is -3.28. The van der Waals surface area contributed by atoms with E-state index in [9.17, 15) is 15.0 Å². The minimum atomic E-state index is -1.92. The Morgan fingerprint density at radius 1 is 1.29 bits per heavy atom. The molecule has 8 heteroatoms. The molecule has 2 unspecified atom stereocenters. The van der Waals surface area contributed by atoms with E-state index in [-0.39, 0.29) is 0 Å². The Bertz CT molecular complexity index is 312. The quantitative estimate of drug-likeness (QED) is 0.429. The van der Waals surface area contributed by atoms with Crippen LogP contribution in [0, 0.1) is 0 Å². The average Bonchev–Trinajstić information content (AvgIpc) is 2.63. The largest absolute Gasteiger partial charge is 0.477 e. The third-order valence-electron chi connectivity index (χ3n) is 2.92. The number of hydrogen-bond donors (Lipinski definition) is 4. The lowest BCUT2D eigenvalue weighted by atomic mass is 10.00. The summed E-state index contributed by atoms with van der Waals surface area (Å²) in [5, 5.41) is 37.0. The molecular weight excluding hydrogens is 236 g/mol. The highest BCUT2D eigenvalue weighted by Crippen LogP contribution is 2.37. The van der Waals surface area contributed by atoms with Crippen LogP contribution in [0.4, 0.5) is 0 Å². The van der Waals surface area contributed by atoms with Gasteiger partial charge in [0, 0.05) is 6.92 Å². The molecule has 0 spiro atoms. The average molecular weight is 250 g/mol. The first-order valence-electron chi connectivity index (χ1n) is 5.10. The molecule has 0 radical (unpaired) electrons. The molecule has 0 aromatic rings. The number of carboxylic acids is 1. The molecule has 0 amide bonds. The SMILES string of the molecule is C[C@]1(C(=O)O)OC2C(O1)[C@@H](CO)O[C@@H](O)[C@@H]2O. The maximum Gasteiger partial charge on any atom is 0.364 e. The van der Waals surface area contributed by atoms with Gasteiger partial charge in [-0.25, -0.2) is 4.79 Å². The molecule has 2 rings (SSSR count). The van der Waals surface area contributed by atoms with Gasteiger partial charge < -0.3 is 34.6 Å². The summed E-state index contributed by atoms with van der Waals surface area (Å²) >= 11 is 0. The van der Waals surface area contributed by atoms with E-state index in [1.54, 1.807) is 0 Å². The third kappa shape index (κ3) is 1.92. The Hall–Kier alpha value is -0.770. The van der Waals surface area contributed by atoms with Crippen molar-refractivity contribution in [2.75, 3.05) is 6.61 Å². The van der Waals surface area contributed by atoms with E-state index < -0.39 is 49.1 Å². The van der Waals surface area contributed by atoms with Crippen LogP contribution < -0.4 is 0 Å². The lowest BCUT2D eigenvalue weighted by Gasteiger charge is -2.36. The van der Waals surface area contributed by atoms with Crippen LogP contribution in [0.3, 0.4) is 0 Å². The number of ether oxygens (including phenoxy) is 3. The van der Waals surface area contributed by atoms with Crippen molar-refractivity contribution < 1.29 is 39.4 Å². The summed E-state index contributed by atoms with van der Waals surface area (Å²) in [7, 11) is 0. The number of aliphatic hydroxyl groups is 3. The zero-order valence-corrected chi connectivity index (χ0v) is 9.02. The van der Waals surface area contributed by atoms with Crippen molar-refractivity contribution >= 4 is 5.97 Å². The molecule has 8 nitrogen and oxygen atoms in total. The monoisotopic (exact) mass is 250 g/mol. The second-order valence-corrected chi connectivity index (χ2v) is 4.15. The fraction of sp³-hybridized carbons (Fsp3) is 0.889. The van der Waals surface area contributed by atoms with Crippen LogP contribution in [0.5, 0.6) is 0 Å². The van der Waals surface area contributed by atoms with Gasteiger partial charge in [-0.05, 0) is 0 Å². The smallest absolute Gasteiger partial charge is 0.364 e. The van der Waals surface area contributed by atoms with Crippen LogP contribution in [0.1, 0.15) is 6.92 Å². The molecule has 2 aliphatic rings. The van der Waals surface area contributed by atoms with Crippen LogP contribution in [0.25, 0.3) is 0 Å². The van der Waals surface area contributed by atoms with Crippen LogP contribution in [-0.2, 0) is 19.0 Å². The predicted octanol–water partition coefficient (Wildman–Crippen LogP) is -2.36. The fourth-order valence-electron chi connectivity index (χ4n) is 1.98. The topological polar surface area (TPSA) is 126 Å². The molecule has 98 valence electrons. The second kappa shape index (κ2) is 4.16. The summed E-state index contributed by atoms with van der Waals surface area (Å²) in [5.41, 5.74) is 0. The van der Waals surface area contributed by atoms with Crippen molar-refractivity contribution in [3.05, 3.63) is 0 Å². The highest BCUT2D eigenvalue weighted by molar-refractivity contribution is 5.75. The lowest BCUT2D eigenvalue weighted by molar-refractivity contribution is -0.264. The number of aliphatic hydroxyl groups excluding tert-OH is 3. The van der Waals surface area contributed by atoms with E-state index in [4.69, 9.17) is 24.4 Å². The Balaban J connectivity index is 2.23. The molecule has 0 bridgehead atoms. The molecule has 0 saturated carbocycles. The predicted molar refractivity (Wildman–Crippen MR) is 49.8 cm³/mol. The summed E-state index contributed by atoms with van der Waals surface area (Å²) in [6, 6.07) is 0. The lowest BCUT2D eigenvalue weighted by Crippen LogP contribution is -2.57. The summed E-state index contributed by atoms with van der Waals surface area (Å²) < 4.78 is 15.2. The van der Waals surface area contributed by atoms with E-state index in [0.29, 0.717) is 0 Å². The van der Waals surface area contributed by atoms with Crippen molar-refractivity contribution in [3.8, 4) is 0 Å². The van der Waals surface area contributed by atoms with Gasteiger partial charge in [-0.3, -0.25) is 0 Å². The first kappa shape index (κ1) is 12.7. The molecule has 17 heavy (non-hydrogen) atoms. The number of fused-ring (bicyclic) bond motifs is 1. The second-order valence-electron chi connectivity index (χ2n) is 4.15. The van der Waals surface area contributed by atoms with Crippen LogP contribution in [0.15, 0.2) is 0 Å². The molecule has 2 saturated heterocycles. The first-order chi connectivity index (χ1) is 7.89. The molecule has 2 heterocycles.